The quantitative estimate of drug-likeness (QED) is 0.755. The number of halogens is 1. The normalized spacial score (nSPS) is 10.1. The van der Waals surface area contributed by atoms with Gasteiger partial charge in [-0.2, -0.15) is 0 Å². The van der Waals surface area contributed by atoms with Gasteiger partial charge in [-0.05, 0) is 12.5 Å². The molecule has 2 N–H and O–H groups in total. The first-order valence-electron chi connectivity index (χ1n) is 6.41. The lowest BCUT2D eigenvalue weighted by Crippen LogP contribution is -2.25. The van der Waals surface area contributed by atoms with E-state index >= 15 is 0 Å². The molecule has 7 heteroatoms. The minimum atomic E-state index is -0.292. The molecular formula is C14H19ClN2O4. The summed E-state index contributed by atoms with van der Waals surface area (Å²) in [5.41, 5.74) is 0.714. The number of ether oxygens (including phenoxy) is 2. The lowest BCUT2D eigenvalue weighted by atomic mass is 10.1. The molecule has 1 rings (SSSR count). The lowest BCUT2D eigenvalue weighted by molar-refractivity contribution is -0.114. The molecule has 0 aliphatic rings. The Morgan fingerprint density at radius 2 is 2.00 bits per heavy atom. The van der Waals surface area contributed by atoms with Crippen molar-refractivity contribution in [3.8, 4) is 5.75 Å². The zero-order chi connectivity index (χ0) is 15.8. The summed E-state index contributed by atoms with van der Waals surface area (Å²) in [6.07, 6.45) is 0.711. The van der Waals surface area contributed by atoms with Gasteiger partial charge in [0.25, 0.3) is 5.91 Å². The van der Waals surface area contributed by atoms with Gasteiger partial charge in [0.15, 0.2) is 0 Å². The van der Waals surface area contributed by atoms with E-state index in [1.807, 2.05) is 0 Å². The summed E-state index contributed by atoms with van der Waals surface area (Å²) >= 11 is 6.06. The Bertz CT molecular complexity index is 520. The molecule has 0 aliphatic carbocycles. The Morgan fingerprint density at radius 1 is 1.29 bits per heavy atom. The zero-order valence-electron chi connectivity index (χ0n) is 12.3. The number of anilines is 1. The fourth-order valence-electron chi connectivity index (χ4n) is 1.70. The highest BCUT2D eigenvalue weighted by atomic mass is 35.5. The van der Waals surface area contributed by atoms with Crippen LogP contribution in [0.1, 0.15) is 23.7 Å². The smallest absolute Gasteiger partial charge is 0.255 e. The van der Waals surface area contributed by atoms with E-state index in [2.05, 4.69) is 10.6 Å². The van der Waals surface area contributed by atoms with E-state index in [4.69, 9.17) is 21.1 Å². The number of benzene rings is 1. The molecule has 0 heterocycles. The lowest BCUT2D eigenvalue weighted by Gasteiger charge is -2.13. The molecule has 0 saturated carbocycles. The maximum Gasteiger partial charge on any atom is 0.255 e. The number of hydrogen-bond donors (Lipinski definition) is 2. The van der Waals surface area contributed by atoms with Crippen LogP contribution in [-0.4, -0.2) is 39.2 Å². The monoisotopic (exact) mass is 314 g/mol. The second-order valence-corrected chi connectivity index (χ2v) is 4.72. The average Bonchev–Trinajstić information content (AvgIpc) is 2.44. The number of carbonyl (C=O) groups excluding carboxylic acids is 2. The summed E-state index contributed by atoms with van der Waals surface area (Å²) in [7, 11) is 3.05. The summed E-state index contributed by atoms with van der Waals surface area (Å²) in [5.74, 6) is -0.206. The Hall–Kier alpha value is -1.79. The maximum absolute atomic E-state index is 12.1. The molecule has 0 aromatic heterocycles. The molecular weight excluding hydrogens is 296 g/mol. The minimum Gasteiger partial charge on any atom is -0.496 e. The van der Waals surface area contributed by atoms with E-state index in [0.29, 0.717) is 36.6 Å². The molecule has 2 amide bonds. The Labute approximate surface area is 128 Å². The number of hydrogen-bond acceptors (Lipinski definition) is 4. The van der Waals surface area contributed by atoms with Crippen LogP contribution < -0.4 is 15.4 Å². The van der Waals surface area contributed by atoms with E-state index in [9.17, 15) is 9.59 Å². The molecule has 0 saturated heterocycles. The van der Waals surface area contributed by atoms with Crippen LogP contribution in [0, 0.1) is 0 Å². The van der Waals surface area contributed by atoms with Crippen molar-refractivity contribution in [3.05, 3.63) is 22.7 Å². The standard InChI is InChI=1S/C14H19ClN2O4/c1-9(18)17-12-8-13(21-3)10(7-11(12)15)14(19)16-5-4-6-20-2/h7-8H,4-6H2,1-3H3,(H,16,19)(H,17,18). The highest BCUT2D eigenvalue weighted by Crippen LogP contribution is 2.30. The van der Waals surface area contributed by atoms with E-state index in [0.717, 1.165) is 0 Å². The van der Waals surface area contributed by atoms with Crippen LogP contribution in [0.3, 0.4) is 0 Å². The maximum atomic E-state index is 12.1. The molecule has 0 fully saturated rings. The first-order chi connectivity index (χ1) is 9.99. The number of methoxy groups -OCH3 is 2. The van der Waals surface area contributed by atoms with Crippen LogP contribution in [0.5, 0.6) is 5.75 Å². The SMILES string of the molecule is COCCCNC(=O)c1cc(Cl)c(NC(C)=O)cc1OC. The summed E-state index contributed by atoms with van der Waals surface area (Å²) < 4.78 is 10.1. The third-order valence-corrected chi connectivity index (χ3v) is 2.97. The van der Waals surface area contributed by atoms with Crippen molar-refractivity contribution in [2.75, 3.05) is 32.7 Å². The van der Waals surface area contributed by atoms with Crippen LogP contribution in [0.2, 0.25) is 5.02 Å². The van der Waals surface area contributed by atoms with Gasteiger partial charge in [-0.25, -0.2) is 0 Å². The van der Waals surface area contributed by atoms with Gasteiger partial charge >= 0.3 is 0 Å². The van der Waals surface area contributed by atoms with Crippen molar-refractivity contribution < 1.29 is 19.1 Å². The molecule has 116 valence electrons. The predicted octanol–water partition coefficient (Wildman–Crippen LogP) is 2.07. The van der Waals surface area contributed by atoms with Crippen molar-refractivity contribution in [1.29, 1.82) is 0 Å². The molecule has 0 spiro atoms. The number of carbonyl (C=O) groups is 2. The number of nitrogens with one attached hydrogen (secondary N) is 2. The van der Waals surface area contributed by atoms with Gasteiger partial charge in [-0.15, -0.1) is 0 Å². The molecule has 0 aliphatic heterocycles. The van der Waals surface area contributed by atoms with Gasteiger partial charge in [0.05, 0.1) is 23.4 Å². The number of amides is 2. The first-order valence-corrected chi connectivity index (χ1v) is 6.79. The van der Waals surface area contributed by atoms with Crippen molar-refractivity contribution in [2.24, 2.45) is 0 Å². The van der Waals surface area contributed by atoms with Crippen molar-refractivity contribution in [1.82, 2.24) is 5.32 Å². The second kappa shape index (κ2) is 8.49. The van der Waals surface area contributed by atoms with Gasteiger partial charge in [-0.1, -0.05) is 11.6 Å². The highest BCUT2D eigenvalue weighted by molar-refractivity contribution is 6.34. The average molecular weight is 315 g/mol. The predicted molar refractivity (Wildman–Crippen MR) is 81.1 cm³/mol. The van der Waals surface area contributed by atoms with Crippen molar-refractivity contribution in [2.45, 2.75) is 13.3 Å². The van der Waals surface area contributed by atoms with Crippen LogP contribution >= 0.6 is 11.6 Å². The molecule has 0 bridgehead atoms. The van der Waals surface area contributed by atoms with Gasteiger partial charge in [-0.3, -0.25) is 9.59 Å². The van der Waals surface area contributed by atoms with Gasteiger partial charge in [0.2, 0.25) is 5.91 Å². The van der Waals surface area contributed by atoms with Crippen LogP contribution in [0.15, 0.2) is 12.1 Å². The Morgan fingerprint density at radius 3 is 2.57 bits per heavy atom. The molecule has 1 aromatic rings. The summed E-state index contributed by atoms with van der Waals surface area (Å²) in [6, 6.07) is 2.99. The number of rotatable bonds is 7. The topological polar surface area (TPSA) is 76.7 Å². The Balaban J connectivity index is 2.88. The Kier molecular flexibility index (Phi) is 6.98. The second-order valence-electron chi connectivity index (χ2n) is 4.32. The molecule has 0 atom stereocenters. The van der Waals surface area contributed by atoms with Crippen LogP contribution in [-0.2, 0) is 9.53 Å². The third-order valence-electron chi connectivity index (χ3n) is 2.66. The van der Waals surface area contributed by atoms with E-state index in [1.54, 1.807) is 7.11 Å². The fourth-order valence-corrected chi connectivity index (χ4v) is 1.91. The van der Waals surface area contributed by atoms with Crippen LogP contribution in [0.4, 0.5) is 5.69 Å². The molecule has 21 heavy (non-hydrogen) atoms. The molecule has 0 radical (unpaired) electrons. The van der Waals surface area contributed by atoms with E-state index in [1.165, 1.54) is 26.2 Å². The molecule has 0 unspecified atom stereocenters. The largest absolute Gasteiger partial charge is 0.496 e. The van der Waals surface area contributed by atoms with E-state index < -0.39 is 0 Å². The van der Waals surface area contributed by atoms with Crippen molar-refractivity contribution in [3.63, 3.8) is 0 Å². The van der Waals surface area contributed by atoms with Crippen LogP contribution in [0.25, 0.3) is 0 Å². The third kappa shape index (κ3) is 5.24. The fraction of sp³-hybridized carbons (Fsp3) is 0.429. The van der Waals surface area contributed by atoms with Gasteiger partial charge < -0.3 is 20.1 Å². The molecule has 1 aromatic carbocycles. The van der Waals surface area contributed by atoms with Gasteiger partial charge in [0.1, 0.15) is 5.75 Å². The summed E-state index contributed by atoms with van der Waals surface area (Å²) in [5, 5.41) is 5.60. The molecule has 6 nitrogen and oxygen atoms in total. The first kappa shape index (κ1) is 17.3. The summed E-state index contributed by atoms with van der Waals surface area (Å²) in [6.45, 7) is 2.43. The van der Waals surface area contributed by atoms with Gasteiger partial charge in [0, 0.05) is 33.3 Å². The zero-order valence-corrected chi connectivity index (χ0v) is 13.0. The van der Waals surface area contributed by atoms with Crippen molar-refractivity contribution >= 4 is 29.1 Å². The minimum absolute atomic E-state index is 0.254. The van der Waals surface area contributed by atoms with E-state index in [-0.39, 0.29) is 16.8 Å². The summed E-state index contributed by atoms with van der Waals surface area (Å²) in [4.78, 5) is 23.2. The highest BCUT2D eigenvalue weighted by Gasteiger charge is 2.16.